The molecular formula is C19H21Cl2N3O3S. The minimum Gasteiger partial charge on any atom is -0.375 e. The second kappa shape index (κ2) is 7.44. The Balaban J connectivity index is 1.82. The topological polar surface area (TPSA) is 76.1 Å². The zero-order valence-electron chi connectivity index (χ0n) is 15.6. The van der Waals surface area contributed by atoms with Crippen molar-refractivity contribution in [3.8, 4) is 0 Å². The number of rotatable bonds is 2. The van der Waals surface area contributed by atoms with Crippen molar-refractivity contribution in [2.45, 2.75) is 43.6 Å². The minimum atomic E-state index is -0.364. The van der Waals surface area contributed by atoms with Crippen molar-refractivity contribution < 1.29 is 9.53 Å². The normalized spacial score (nSPS) is 24.4. The number of halogens is 2. The highest BCUT2D eigenvalue weighted by molar-refractivity contribution is 8.00. The van der Waals surface area contributed by atoms with Crippen molar-refractivity contribution in [1.82, 2.24) is 9.78 Å². The number of hydrogen-bond acceptors (Lipinski definition) is 4. The molecule has 28 heavy (non-hydrogen) atoms. The second-order valence-corrected chi connectivity index (χ2v) is 9.67. The maximum absolute atomic E-state index is 13.0. The highest BCUT2D eigenvalue weighted by Gasteiger charge is 2.36. The SMILES string of the molecule is CC1(C)C[C@H](n2[nH]c(=O)c3c2NC(=O)CS[C@@H]3c2ccc(Cl)cc2Cl)CCO1. The lowest BCUT2D eigenvalue weighted by atomic mass is 9.94. The first-order valence-electron chi connectivity index (χ1n) is 9.10. The Bertz CT molecular complexity index is 985. The molecule has 1 aromatic heterocycles. The van der Waals surface area contributed by atoms with Gasteiger partial charge in [-0.1, -0.05) is 29.3 Å². The number of aromatic nitrogens is 2. The molecule has 0 unspecified atom stereocenters. The second-order valence-electron chi connectivity index (χ2n) is 7.73. The van der Waals surface area contributed by atoms with E-state index >= 15 is 0 Å². The molecular weight excluding hydrogens is 421 g/mol. The average molecular weight is 442 g/mol. The van der Waals surface area contributed by atoms with Gasteiger partial charge in [-0.25, -0.2) is 0 Å². The van der Waals surface area contributed by atoms with Crippen LogP contribution in [0.25, 0.3) is 0 Å². The van der Waals surface area contributed by atoms with Gasteiger partial charge in [-0.3, -0.25) is 19.4 Å². The van der Waals surface area contributed by atoms with Gasteiger partial charge in [-0.05, 0) is 44.4 Å². The molecule has 1 fully saturated rings. The van der Waals surface area contributed by atoms with Gasteiger partial charge < -0.3 is 10.1 Å². The van der Waals surface area contributed by atoms with Gasteiger partial charge in [0.2, 0.25) is 5.91 Å². The van der Waals surface area contributed by atoms with E-state index in [1.165, 1.54) is 11.8 Å². The molecule has 0 spiro atoms. The van der Waals surface area contributed by atoms with E-state index in [0.29, 0.717) is 28.0 Å². The summed E-state index contributed by atoms with van der Waals surface area (Å²) in [7, 11) is 0. The first-order chi connectivity index (χ1) is 13.2. The molecule has 3 heterocycles. The fourth-order valence-electron chi connectivity index (χ4n) is 3.90. The Morgan fingerprint density at radius 3 is 2.79 bits per heavy atom. The zero-order valence-corrected chi connectivity index (χ0v) is 17.9. The first-order valence-corrected chi connectivity index (χ1v) is 10.9. The smallest absolute Gasteiger partial charge is 0.270 e. The van der Waals surface area contributed by atoms with Gasteiger partial charge >= 0.3 is 0 Å². The van der Waals surface area contributed by atoms with Crippen molar-refractivity contribution >= 4 is 46.7 Å². The van der Waals surface area contributed by atoms with Crippen LogP contribution in [0.1, 0.15) is 49.1 Å². The van der Waals surface area contributed by atoms with E-state index in [1.807, 2.05) is 24.6 Å². The van der Waals surface area contributed by atoms with Crippen molar-refractivity contribution in [2.24, 2.45) is 0 Å². The molecule has 9 heteroatoms. The van der Waals surface area contributed by atoms with Crippen LogP contribution in [0.5, 0.6) is 0 Å². The summed E-state index contributed by atoms with van der Waals surface area (Å²) in [5, 5.41) is 6.52. The molecule has 6 nitrogen and oxygen atoms in total. The summed E-state index contributed by atoms with van der Waals surface area (Å²) >= 11 is 13.8. The van der Waals surface area contributed by atoms with Crippen LogP contribution < -0.4 is 10.9 Å². The number of anilines is 1. The number of nitrogens with zero attached hydrogens (tertiary/aromatic N) is 1. The fraction of sp³-hybridized carbons (Fsp3) is 0.474. The summed E-state index contributed by atoms with van der Waals surface area (Å²) in [5.74, 6) is 0.619. The van der Waals surface area contributed by atoms with Crippen molar-refractivity contribution in [3.05, 3.63) is 49.7 Å². The summed E-state index contributed by atoms with van der Waals surface area (Å²) in [6, 6.07) is 5.25. The summed E-state index contributed by atoms with van der Waals surface area (Å²) in [5.41, 5.74) is 0.776. The van der Waals surface area contributed by atoms with Crippen LogP contribution in [0.4, 0.5) is 5.82 Å². The quantitative estimate of drug-likeness (QED) is 0.724. The molecule has 4 rings (SSSR count). The predicted octanol–water partition coefficient (Wildman–Crippen LogP) is 4.39. The number of thioether (sulfide) groups is 1. The maximum atomic E-state index is 13.0. The number of nitrogens with one attached hydrogen (secondary N) is 2. The Morgan fingerprint density at radius 2 is 2.07 bits per heavy atom. The molecule has 0 aliphatic carbocycles. The predicted molar refractivity (Wildman–Crippen MR) is 113 cm³/mol. The van der Waals surface area contributed by atoms with Crippen molar-refractivity contribution in [2.75, 3.05) is 17.7 Å². The lowest BCUT2D eigenvalue weighted by Crippen LogP contribution is -2.36. The van der Waals surface area contributed by atoms with Crippen LogP contribution in [0.3, 0.4) is 0 Å². The van der Waals surface area contributed by atoms with Gasteiger partial charge in [0.25, 0.3) is 5.56 Å². The number of carbonyl (C=O) groups excluding carboxylic acids is 1. The van der Waals surface area contributed by atoms with Gasteiger partial charge in [-0.15, -0.1) is 11.8 Å². The Labute approximate surface area is 176 Å². The summed E-state index contributed by atoms with van der Waals surface area (Å²) in [6.45, 7) is 4.66. The monoisotopic (exact) mass is 441 g/mol. The third kappa shape index (κ3) is 3.73. The van der Waals surface area contributed by atoms with E-state index in [-0.39, 0.29) is 34.1 Å². The Kier molecular flexibility index (Phi) is 5.29. The first kappa shape index (κ1) is 19.9. The van der Waals surface area contributed by atoms with E-state index in [1.54, 1.807) is 12.1 Å². The number of hydrogen-bond donors (Lipinski definition) is 2. The van der Waals surface area contributed by atoms with Gasteiger partial charge in [0.05, 0.1) is 28.2 Å². The van der Waals surface area contributed by atoms with Crippen LogP contribution in [0.15, 0.2) is 23.0 Å². The van der Waals surface area contributed by atoms with Gasteiger partial charge in [0.1, 0.15) is 5.82 Å². The van der Waals surface area contributed by atoms with Crippen LogP contribution in [-0.2, 0) is 9.53 Å². The Hall–Kier alpha value is -1.41. The summed E-state index contributed by atoms with van der Waals surface area (Å²) in [6.07, 6.45) is 1.50. The average Bonchev–Trinajstić information content (AvgIpc) is 2.81. The third-order valence-electron chi connectivity index (χ3n) is 5.14. The molecule has 2 atom stereocenters. The maximum Gasteiger partial charge on any atom is 0.270 e. The summed E-state index contributed by atoms with van der Waals surface area (Å²) < 4.78 is 7.61. The molecule has 0 bridgehead atoms. The number of fused-ring (bicyclic) bond motifs is 1. The van der Waals surface area contributed by atoms with E-state index in [4.69, 9.17) is 27.9 Å². The molecule has 1 amide bonds. The number of H-pyrrole nitrogens is 1. The molecule has 2 aromatic rings. The molecule has 2 aliphatic rings. The van der Waals surface area contributed by atoms with Crippen LogP contribution in [-0.4, -0.2) is 33.6 Å². The van der Waals surface area contributed by atoms with Crippen molar-refractivity contribution in [3.63, 3.8) is 0 Å². The minimum absolute atomic E-state index is 0.0324. The number of carbonyl (C=O) groups is 1. The number of ether oxygens (including phenoxy) is 1. The molecule has 2 N–H and O–H groups in total. The molecule has 1 aromatic carbocycles. The zero-order chi connectivity index (χ0) is 20.1. The fourth-order valence-corrected chi connectivity index (χ4v) is 5.64. The molecule has 1 saturated heterocycles. The number of benzene rings is 1. The Morgan fingerprint density at radius 1 is 1.29 bits per heavy atom. The third-order valence-corrected chi connectivity index (χ3v) is 6.96. The summed E-state index contributed by atoms with van der Waals surface area (Å²) in [4.78, 5) is 25.4. The van der Waals surface area contributed by atoms with Gasteiger partial charge in [0, 0.05) is 16.7 Å². The van der Waals surface area contributed by atoms with Crippen molar-refractivity contribution in [1.29, 1.82) is 0 Å². The van der Waals surface area contributed by atoms with Gasteiger partial charge in [-0.2, -0.15) is 0 Å². The lowest BCUT2D eigenvalue weighted by Gasteiger charge is -2.36. The standard InChI is InChI=1S/C19H21Cl2N3O3S/c1-19(2)8-11(5-6-27-19)24-17-15(18(26)23-24)16(28-9-14(25)22-17)12-4-3-10(20)7-13(12)21/h3-4,7,11,16H,5-6,8-9H2,1-2H3,(H,22,25)(H,23,26)/t11-,16-/m1/s1. The van der Waals surface area contributed by atoms with Crippen LogP contribution in [0, 0.1) is 0 Å². The van der Waals surface area contributed by atoms with Gasteiger partial charge in [0.15, 0.2) is 0 Å². The number of aromatic amines is 1. The molecule has 0 saturated carbocycles. The van der Waals surface area contributed by atoms with E-state index < -0.39 is 0 Å². The molecule has 2 aliphatic heterocycles. The van der Waals surface area contributed by atoms with E-state index in [9.17, 15) is 9.59 Å². The molecule has 150 valence electrons. The largest absolute Gasteiger partial charge is 0.375 e. The van der Waals surface area contributed by atoms with E-state index in [2.05, 4.69) is 10.4 Å². The van der Waals surface area contributed by atoms with Crippen LogP contribution >= 0.6 is 35.0 Å². The number of amides is 1. The lowest BCUT2D eigenvalue weighted by molar-refractivity contribution is -0.113. The van der Waals surface area contributed by atoms with Crippen LogP contribution in [0.2, 0.25) is 10.0 Å². The highest BCUT2D eigenvalue weighted by atomic mass is 35.5. The molecule has 0 radical (unpaired) electrons. The highest BCUT2D eigenvalue weighted by Crippen LogP contribution is 2.44. The van der Waals surface area contributed by atoms with E-state index in [0.717, 1.165) is 18.4 Å².